The van der Waals surface area contributed by atoms with E-state index < -0.39 is 0 Å². The Kier molecular flexibility index (Phi) is 1.29. The van der Waals surface area contributed by atoms with Crippen LogP contribution in [0.4, 0.5) is 0 Å². The van der Waals surface area contributed by atoms with E-state index in [4.69, 9.17) is 0 Å². The number of allylic oxidation sites excluding steroid dienone is 3. The van der Waals surface area contributed by atoms with Crippen LogP contribution < -0.4 is 0 Å². The van der Waals surface area contributed by atoms with E-state index in [2.05, 4.69) is 17.6 Å². The van der Waals surface area contributed by atoms with Gasteiger partial charge < -0.3 is 0 Å². The van der Waals surface area contributed by atoms with Gasteiger partial charge in [-0.25, -0.2) is 0 Å². The van der Waals surface area contributed by atoms with Crippen LogP contribution in [0.1, 0.15) is 13.3 Å². The van der Waals surface area contributed by atoms with Crippen molar-refractivity contribution in [1.29, 1.82) is 0 Å². The summed E-state index contributed by atoms with van der Waals surface area (Å²) < 4.78 is 0. The standard InChI is InChI=1S/C7H9N/c1-6-3-4-7(2)8-5-6/h4-5H,1,3H2,2H3. The van der Waals surface area contributed by atoms with E-state index in [1.807, 2.05) is 13.1 Å². The Balaban J connectivity index is 2.71. The summed E-state index contributed by atoms with van der Waals surface area (Å²) in [6.45, 7) is 5.74. The van der Waals surface area contributed by atoms with Gasteiger partial charge in [0.05, 0.1) is 0 Å². The molecule has 0 bridgehead atoms. The molecule has 1 aliphatic heterocycles. The van der Waals surface area contributed by atoms with Crippen LogP contribution in [0.2, 0.25) is 0 Å². The predicted molar refractivity (Wildman–Crippen MR) is 36.0 cm³/mol. The van der Waals surface area contributed by atoms with Crippen molar-refractivity contribution >= 4 is 6.21 Å². The minimum atomic E-state index is 0.968. The molecule has 0 aliphatic carbocycles. The van der Waals surface area contributed by atoms with E-state index in [1.165, 1.54) is 0 Å². The van der Waals surface area contributed by atoms with Crippen molar-refractivity contribution in [3.63, 3.8) is 0 Å². The first-order chi connectivity index (χ1) is 3.79. The first-order valence-electron chi connectivity index (χ1n) is 2.67. The highest BCUT2D eigenvalue weighted by atomic mass is 14.7. The molecular formula is C7H9N. The molecule has 0 aromatic carbocycles. The average Bonchev–Trinajstić information content (AvgIpc) is 1.77. The van der Waals surface area contributed by atoms with E-state index >= 15 is 0 Å². The minimum Gasteiger partial charge on any atom is -0.262 e. The van der Waals surface area contributed by atoms with Crippen LogP contribution in [0.5, 0.6) is 0 Å². The zero-order valence-electron chi connectivity index (χ0n) is 5.02. The molecular weight excluding hydrogens is 98.1 g/mol. The van der Waals surface area contributed by atoms with E-state index in [0.29, 0.717) is 0 Å². The third kappa shape index (κ3) is 1.06. The van der Waals surface area contributed by atoms with Crippen LogP contribution in [-0.4, -0.2) is 6.21 Å². The van der Waals surface area contributed by atoms with E-state index in [-0.39, 0.29) is 0 Å². The van der Waals surface area contributed by atoms with Gasteiger partial charge in [-0.05, 0) is 18.9 Å². The maximum Gasteiger partial charge on any atom is 0.0336 e. The van der Waals surface area contributed by atoms with E-state index in [1.54, 1.807) is 0 Å². The van der Waals surface area contributed by atoms with Gasteiger partial charge in [0.15, 0.2) is 0 Å². The number of hydrogen-bond acceptors (Lipinski definition) is 1. The predicted octanol–water partition coefficient (Wildman–Crippen LogP) is 1.92. The smallest absolute Gasteiger partial charge is 0.0336 e. The molecule has 0 aromatic heterocycles. The Morgan fingerprint density at radius 1 is 1.75 bits per heavy atom. The lowest BCUT2D eigenvalue weighted by Crippen LogP contribution is -1.87. The molecule has 0 amide bonds. The van der Waals surface area contributed by atoms with Crippen molar-refractivity contribution in [2.75, 3.05) is 0 Å². The number of nitrogens with zero attached hydrogens (tertiary/aromatic N) is 1. The van der Waals surface area contributed by atoms with Crippen molar-refractivity contribution in [2.24, 2.45) is 4.99 Å². The normalized spacial score (nSPS) is 18.6. The molecule has 0 fully saturated rings. The van der Waals surface area contributed by atoms with Gasteiger partial charge in [-0.1, -0.05) is 12.7 Å². The summed E-state index contributed by atoms with van der Waals surface area (Å²) in [4.78, 5) is 4.05. The fourth-order valence-electron chi connectivity index (χ4n) is 0.577. The number of rotatable bonds is 0. The molecule has 1 heteroatoms. The molecule has 42 valence electrons. The van der Waals surface area contributed by atoms with E-state index in [0.717, 1.165) is 17.7 Å². The van der Waals surface area contributed by atoms with E-state index in [9.17, 15) is 0 Å². The van der Waals surface area contributed by atoms with Crippen LogP contribution in [0.3, 0.4) is 0 Å². The summed E-state index contributed by atoms with van der Waals surface area (Å²) in [5.74, 6) is 0. The third-order valence-electron chi connectivity index (χ3n) is 1.11. The molecule has 0 saturated heterocycles. The second-order valence-electron chi connectivity index (χ2n) is 1.97. The first-order valence-corrected chi connectivity index (χ1v) is 2.67. The molecule has 1 aliphatic rings. The molecule has 0 saturated carbocycles. The van der Waals surface area contributed by atoms with Crippen molar-refractivity contribution in [2.45, 2.75) is 13.3 Å². The molecule has 8 heavy (non-hydrogen) atoms. The van der Waals surface area contributed by atoms with Gasteiger partial charge >= 0.3 is 0 Å². The molecule has 0 unspecified atom stereocenters. The largest absolute Gasteiger partial charge is 0.262 e. The lowest BCUT2D eigenvalue weighted by molar-refractivity contribution is 1.18. The second kappa shape index (κ2) is 1.95. The molecule has 1 heterocycles. The Morgan fingerprint density at radius 2 is 2.50 bits per heavy atom. The maximum absolute atomic E-state index is 4.05. The Labute approximate surface area is 49.4 Å². The molecule has 1 rings (SSSR count). The SMILES string of the molecule is C=C1C=NC(C)=CC1. The lowest BCUT2D eigenvalue weighted by Gasteiger charge is -2.00. The average molecular weight is 107 g/mol. The summed E-state index contributed by atoms with van der Waals surface area (Å²) in [7, 11) is 0. The molecule has 0 radical (unpaired) electrons. The fraction of sp³-hybridized carbons (Fsp3) is 0.286. The molecule has 0 aromatic rings. The zero-order chi connectivity index (χ0) is 5.98. The van der Waals surface area contributed by atoms with Crippen molar-refractivity contribution in [3.05, 3.63) is 23.9 Å². The van der Waals surface area contributed by atoms with Crippen LogP contribution in [0, 0.1) is 0 Å². The van der Waals surface area contributed by atoms with Gasteiger partial charge in [0, 0.05) is 11.9 Å². The monoisotopic (exact) mass is 107 g/mol. The minimum absolute atomic E-state index is 0.968. The highest BCUT2D eigenvalue weighted by Gasteiger charge is 1.92. The fourth-order valence-corrected chi connectivity index (χ4v) is 0.577. The summed E-state index contributed by atoms with van der Waals surface area (Å²) in [5, 5.41) is 0. The highest BCUT2D eigenvalue weighted by Crippen LogP contribution is 2.07. The van der Waals surface area contributed by atoms with Crippen molar-refractivity contribution in [1.82, 2.24) is 0 Å². The zero-order valence-corrected chi connectivity index (χ0v) is 5.02. The molecule has 0 spiro atoms. The van der Waals surface area contributed by atoms with Crippen LogP contribution >= 0.6 is 0 Å². The topological polar surface area (TPSA) is 12.4 Å². The Hall–Kier alpha value is -0.850. The number of hydrogen-bond donors (Lipinski definition) is 0. The van der Waals surface area contributed by atoms with Crippen LogP contribution in [0.25, 0.3) is 0 Å². The number of aliphatic imine (C=N–C) groups is 1. The molecule has 0 atom stereocenters. The van der Waals surface area contributed by atoms with Crippen LogP contribution in [0.15, 0.2) is 28.9 Å². The highest BCUT2D eigenvalue weighted by molar-refractivity contribution is 5.80. The van der Waals surface area contributed by atoms with Gasteiger partial charge in [-0.3, -0.25) is 4.99 Å². The summed E-state index contributed by atoms with van der Waals surface area (Å²) in [6.07, 6.45) is 4.85. The Morgan fingerprint density at radius 3 is 2.88 bits per heavy atom. The lowest BCUT2D eigenvalue weighted by atomic mass is 10.2. The molecule has 0 N–H and O–H groups in total. The summed E-state index contributed by atoms with van der Waals surface area (Å²) in [5.41, 5.74) is 2.19. The van der Waals surface area contributed by atoms with Gasteiger partial charge in [-0.2, -0.15) is 0 Å². The second-order valence-corrected chi connectivity index (χ2v) is 1.97. The summed E-state index contributed by atoms with van der Waals surface area (Å²) >= 11 is 0. The molecule has 1 nitrogen and oxygen atoms in total. The van der Waals surface area contributed by atoms with Gasteiger partial charge in [0.2, 0.25) is 0 Å². The maximum atomic E-state index is 4.05. The van der Waals surface area contributed by atoms with Crippen molar-refractivity contribution < 1.29 is 0 Å². The Bertz CT molecular complexity index is 160. The van der Waals surface area contributed by atoms with Gasteiger partial charge in [0.1, 0.15) is 0 Å². The first kappa shape index (κ1) is 5.29. The van der Waals surface area contributed by atoms with Gasteiger partial charge in [0.25, 0.3) is 0 Å². The van der Waals surface area contributed by atoms with Crippen LogP contribution in [-0.2, 0) is 0 Å². The summed E-state index contributed by atoms with van der Waals surface area (Å²) in [6, 6.07) is 0. The van der Waals surface area contributed by atoms with Crippen molar-refractivity contribution in [3.8, 4) is 0 Å². The third-order valence-corrected chi connectivity index (χ3v) is 1.11. The quantitative estimate of drug-likeness (QED) is 0.448. The van der Waals surface area contributed by atoms with Gasteiger partial charge in [-0.15, -0.1) is 0 Å².